The number of thiophene rings is 1. The Morgan fingerprint density at radius 3 is 2.46 bits per heavy atom. The molecule has 4 rings (SSSR count). The molecule has 0 aliphatic carbocycles. The van der Waals surface area contributed by atoms with Gasteiger partial charge in [0.15, 0.2) is 0 Å². The Morgan fingerprint density at radius 1 is 1.15 bits per heavy atom. The first-order chi connectivity index (χ1) is 19.5. The van der Waals surface area contributed by atoms with Crippen LogP contribution in [0, 0.1) is 0 Å². The number of pyridine rings is 1. The van der Waals surface area contributed by atoms with Crippen LogP contribution >= 0.6 is 11.3 Å². The second-order valence-corrected chi connectivity index (χ2v) is 11.6. The number of carbonyl (C=O) groups is 3. The SMILES string of the molecule is C[C@H](CCc1ncccc1C(N)=O)N1CCC(N(Cc2ccsc2)C(=O)NC2CCN(C(=O)C(F)(F)F)CC2)CC1. The van der Waals surface area contributed by atoms with Crippen molar-refractivity contribution in [3.05, 3.63) is 52.0 Å². The van der Waals surface area contributed by atoms with E-state index in [0.29, 0.717) is 24.2 Å². The van der Waals surface area contributed by atoms with Crippen molar-refractivity contribution in [2.75, 3.05) is 26.2 Å². The van der Waals surface area contributed by atoms with Crippen molar-refractivity contribution in [1.29, 1.82) is 0 Å². The number of hydrogen-bond acceptors (Lipinski definition) is 6. The lowest BCUT2D eigenvalue weighted by atomic mass is 9.98. The van der Waals surface area contributed by atoms with Crippen molar-refractivity contribution in [1.82, 2.24) is 25.0 Å². The number of nitrogens with one attached hydrogen (secondary N) is 1. The van der Waals surface area contributed by atoms with Gasteiger partial charge in [-0.1, -0.05) is 0 Å². The number of carbonyl (C=O) groups excluding carboxylic acids is 3. The van der Waals surface area contributed by atoms with E-state index in [0.717, 1.165) is 42.8 Å². The summed E-state index contributed by atoms with van der Waals surface area (Å²) in [6.07, 6.45) is 0.373. The van der Waals surface area contributed by atoms with E-state index in [-0.39, 0.29) is 50.1 Å². The molecule has 2 aromatic rings. The molecule has 3 N–H and O–H groups in total. The van der Waals surface area contributed by atoms with E-state index >= 15 is 0 Å². The van der Waals surface area contributed by atoms with Crippen LogP contribution in [0.1, 0.15) is 60.6 Å². The van der Waals surface area contributed by atoms with E-state index < -0.39 is 18.0 Å². The standard InChI is InChI=1S/C28H37F3N6O3S/c1-19(4-5-24-23(25(32)38)3-2-11-33-24)35-14-8-22(9-15-35)37(17-20-10-16-41-18-20)27(40)34-21-6-12-36(13-7-21)26(39)28(29,30)31/h2-3,10-11,16,18-19,21-22H,4-9,12-15,17H2,1H3,(H2,32,38)(H,34,40)/t19-/m1/s1. The lowest BCUT2D eigenvalue weighted by molar-refractivity contribution is -0.186. The Bertz CT molecular complexity index is 1180. The van der Waals surface area contributed by atoms with Crippen molar-refractivity contribution in [3.8, 4) is 0 Å². The maximum Gasteiger partial charge on any atom is 0.471 e. The Morgan fingerprint density at radius 2 is 1.85 bits per heavy atom. The van der Waals surface area contributed by atoms with Crippen molar-refractivity contribution in [2.24, 2.45) is 5.73 Å². The molecule has 2 aliphatic heterocycles. The monoisotopic (exact) mass is 594 g/mol. The smallest absolute Gasteiger partial charge is 0.366 e. The number of halogens is 3. The van der Waals surface area contributed by atoms with Gasteiger partial charge in [-0.15, -0.1) is 0 Å². The van der Waals surface area contributed by atoms with E-state index in [1.165, 1.54) is 0 Å². The third kappa shape index (κ3) is 8.19. The molecular formula is C28H37F3N6O3S. The Labute approximate surface area is 241 Å². The molecule has 9 nitrogen and oxygen atoms in total. The van der Waals surface area contributed by atoms with Crippen molar-refractivity contribution in [2.45, 2.75) is 76.3 Å². The molecule has 2 aliphatic rings. The number of hydrogen-bond donors (Lipinski definition) is 2. The van der Waals surface area contributed by atoms with Crippen molar-refractivity contribution >= 4 is 29.2 Å². The van der Waals surface area contributed by atoms with Gasteiger partial charge in [-0.25, -0.2) is 4.79 Å². The molecule has 2 saturated heterocycles. The third-order valence-electron chi connectivity index (χ3n) is 8.06. The summed E-state index contributed by atoms with van der Waals surface area (Å²) in [5, 5.41) is 7.00. The molecule has 2 fully saturated rings. The van der Waals surface area contributed by atoms with Crippen LogP contribution in [0.5, 0.6) is 0 Å². The van der Waals surface area contributed by atoms with Gasteiger partial charge >= 0.3 is 18.1 Å². The quantitative estimate of drug-likeness (QED) is 0.459. The first kappa shape index (κ1) is 30.8. The molecule has 2 aromatic heterocycles. The van der Waals surface area contributed by atoms with Gasteiger partial charge in [0.05, 0.1) is 11.3 Å². The molecule has 0 unspecified atom stereocenters. The predicted molar refractivity (Wildman–Crippen MR) is 149 cm³/mol. The summed E-state index contributed by atoms with van der Waals surface area (Å²) in [5.41, 5.74) is 7.68. The van der Waals surface area contributed by atoms with Gasteiger partial charge in [-0.05, 0) is 80.0 Å². The number of primary amides is 1. The summed E-state index contributed by atoms with van der Waals surface area (Å²) in [6.45, 7) is 4.15. The minimum Gasteiger partial charge on any atom is -0.366 e. The molecule has 4 amide bonds. The number of nitrogens with zero attached hydrogens (tertiary/aromatic N) is 4. The number of amides is 4. The molecule has 0 saturated carbocycles. The molecule has 1 atom stereocenters. The Balaban J connectivity index is 1.31. The molecule has 41 heavy (non-hydrogen) atoms. The summed E-state index contributed by atoms with van der Waals surface area (Å²) in [5.74, 6) is -2.30. The number of urea groups is 1. The third-order valence-corrected chi connectivity index (χ3v) is 8.80. The average molecular weight is 595 g/mol. The highest BCUT2D eigenvalue weighted by Crippen LogP contribution is 2.25. The van der Waals surface area contributed by atoms with Gasteiger partial charge < -0.3 is 25.8 Å². The Hall–Kier alpha value is -3.19. The maximum atomic E-state index is 13.5. The number of likely N-dealkylation sites (tertiary alicyclic amines) is 2. The highest BCUT2D eigenvalue weighted by atomic mass is 32.1. The van der Waals surface area contributed by atoms with E-state index in [1.807, 2.05) is 21.7 Å². The van der Waals surface area contributed by atoms with Gasteiger partial charge in [0.1, 0.15) is 0 Å². The number of piperidine rings is 2. The van der Waals surface area contributed by atoms with Crippen LogP contribution in [0.25, 0.3) is 0 Å². The molecule has 224 valence electrons. The van der Waals surface area contributed by atoms with E-state index in [9.17, 15) is 27.6 Å². The van der Waals surface area contributed by atoms with E-state index in [4.69, 9.17) is 5.73 Å². The first-order valence-corrected chi connectivity index (χ1v) is 14.9. The number of rotatable bonds is 9. The molecule has 0 radical (unpaired) electrons. The fourth-order valence-corrected chi connectivity index (χ4v) is 6.30. The van der Waals surface area contributed by atoms with E-state index in [1.54, 1.807) is 29.7 Å². The van der Waals surface area contributed by atoms with Crippen LogP contribution in [0.4, 0.5) is 18.0 Å². The summed E-state index contributed by atoms with van der Waals surface area (Å²) >= 11 is 1.56. The second-order valence-electron chi connectivity index (χ2n) is 10.8. The van der Waals surface area contributed by atoms with Crippen LogP contribution in [0.2, 0.25) is 0 Å². The zero-order valence-electron chi connectivity index (χ0n) is 23.1. The fourth-order valence-electron chi connectivity index (χ4n) is 5.64. The predicted octanol–water partition coefficient (Wildman–Crippen LogP) is 3.79. The second kappa shape index (κ2) is 13.6. The lowest BCUT2D eigenvalue weighted by Crippen LogP contribution is -2.55. The number of aryl methyl sites for hydroxylation is 1. The zero-order chi connectivity index (χ0) is 29.6. The summed E-state index contributed by atoms with van der Waals surface area (Å²) in [4.78, 5) is 46.1. The van der Waals surface area contributed by atoms with Gasteiger partial charge in [0.25, 0.3) is 5.91 Å². The molecule has 4 heterocycles. The van der Waals surface area contributed by atoms with Crippen LogP contribution in [0.3, 0.4) is 0 Å². The Kier molecular flexibility index (Phi) is 10.2. The molecule has 13 heteroatoms. The zero-order valence-corrected chi connectivity index (χ0v) is 23.9. The molecule has 0 aromatic carbocycles. The largest absolute Gasteiger partial charge is 0.471 e. The average Bonchev–Trinajstić information content (AvgIpc) is 3.48. The summed E-state index contributed by atoms with van der Waals surface area (Å²) in [7, 11) is 0. The minimum atomic E-state index is -4.88. The number of aromatic nitrogens is 1. The van der Waals surface area contributed by atoms with Crippen molar-refractivity contribution < 1.29 is 27.6 Å². The lowest BCUT2D eigenvalue weighted by Gasteiger charge is -2.41. The van der Waals surface area contributed by atoms with E-state index in [2.05, 4.69) is 22.1 Å². The summed E-state index contributed by atoms with van der Waals surface area (Å²) < 4.78 is 38.4. The first-order valence-electron chi connectivity index (χ1n) is 13.9. The van der Waals surface area contributed by atoms with Gasteiger partial charge in [0.2, 0.25) is 0 Å². The normalized spacial score (nSPS) is 18.2. The minimum absolute atomic E-state index is 0.0162. The summed E-state index contributed by atoms with van der Waals surface area (Å²) in [6, 6.07) is 5.14. The van der Waals surface area contributed by atoms with Crippen LogP contribution in [0.15, 0.2) is 35.2 Å². The van der Waals surface area contributed by atoms with Crippen LogP contribution in [-0.4, -0.2) is 88.0 Å². The number of alkyl halides is 3. The molecule has 0 bridgehead atoms. The van der Waals surface area contributed by atoms with Crippen LogP contribution < -0.4 is 11.1 Å². The topological polar surface area (TPSA) is 112 Å². The molecular weight excluding hydrogens is 557 g/mol. The molecule has 0 spiro atoms. The van der Waals surface area contributed by atoms with Gasteiger partial charge in [-0.2, -0.15) is 24.5 Å². The highest BCUT2D eigenvalue weighted by molar-refractivity contribution is 7.07. The van der Waals surface area contributed by atoms with Gasteiger partial charge in [0, 0.05) is 57.0 Å². The highest BCUT2D eigenvalue weighted by Gasteiger charge is 2.43. The van der Waals surface area contributed by atoms with Crippen LogP contribution in [-0.2, 0) is 17.8 Å². The van der Waals surface area contributed by atoms with Gasteiger partial charge in [-0.3, -0.25) is 14.6 Å². The fraction of sp³-hybridized carbons (Fsp3) is 0.571. The maximum absolute atomic E-state index is 13.5. The number of nitrogens with two attached hydrogens (primary N) is 1. The van der Waals surface area contributed by atoms with Crippen molar-refractivity contribution in [3.63, 3.8) is 0 Å².